The van der Waals surface area contributed by atoms with Gasteiger partial charge in [0.2, 0.25) is 15.0 Å². The number of benzene rings is 1. The fourth-order valence-electron chi connectivity index (χ4n) is 2.78. The topological polar surface area (TPSA) is 92.3 Å². The first-order valence-electron chi connectivity index (χ1n) is 8.17. The number of anilines is 1. The van der Waals surface area contributed by atoms with E-state index in [2.05, 4.69) is 15.5 Å². The Morgan fingerprint density at radius 2 is 2.08 bits per heavy atom. The maximum atomic E-state index is 12.3. The van der Waals surface area contributed by atoms with E-state index in [1.54, 1.807) is 19.1 Å². The number of sulfonamides is 1. The lowest BCUT2D eigenvalue weighted by Gasteiger charge is -2.30. The fraction of sp³-hybridized carbons (Fsp3) is 0.438. The van der Waals surface area contributed by atoms with Crippen molar-refractivity contribution in [2.75, 3.05) is 24.2 Å². The number of rotatable bonds is 5. The van der Waals surface area contributed by atoms with Gasteiger partial charge in [0, 0.05) is 24.7 Å². The lowest BCUT2D eigenvalue weighted by atomic mass is 10.0. The lowest BCUT2D eigenvalue weighted by molar-refractivity contribution is 0.102. The first kappa shape index (κ1) is 18.0. The molecular weight excluding hydrogens is 360 g/mol. The summed E-state index contributed by atoms with van der Waals surface area (Å²) in [6.07, 6.45) is 1.64. The number of aromatic nitrogens is 2. The van der Waals surface area contributed by atoms with Crippen molar-refractivity contribution in [1.82, 2.24) is 14.5 Å². The van der Waals surface area contributed by atoms with Crippen LogP contribution in [0.1, 0.15) is 40.5 Å². The average Bonchev–Trinajstić information content (AvgIpc) is 3.13. The number of para-hydroxylation sites is 1. The number of nitrogens with one attached hydrogen (secondary N) is 1. The highest BCUT2D eigenvalue weighted by molar-refractivity contribution is 7.89. The minimum Gasteiger partial charge on any atom is -0.320 e. The molecule has 1 fully saturated rings. The van der Waals surface area contributed by atoms with Gasteiger partial charge in [-0.05, 0) is 31.9 Å². The maximum absolute atomic E-state index is 12.3. The second-order valence-corrected chi connectivity index (χ2v) is 9.13. The Hall–Kier alpha value is -1.84. The Labute approximate surface area is 151 Å². The molecule has 1 aliphatic heterocycles. The number of hydrogen-bond acceptors (Lipinski definition) is 6. The van der Waals surface area contributed by atoms with Crippen molar-refractivity contribution in [3.05, 3.63) is 40.3 Å². The van der Waals surface area contributed by atoms with E-state index >= 15 is 0 Å². The molecule has 0 spiro atoms. The predicted molar refractivity (Wildman–Crippen MR) is 97.3 cm³/mol. The van der Waals surface area contributed by atoms with Crippen molar-refractivity contribution in [3.8, 4) is 0 Å². The second-order valence-electron chi connectivity index (χ2n) is 5.86. The van der Waals surface area contributed by atoms with Crippen LogP contribution >= 0.6 is 11.3 Å². The van der Waals surface area contributed by atoms with Gasteiger partial charge in [-0.25, -0.2) is 12.7 Å². The molecule has 1 saturated heterocycles. The van der Waals surface area contributed by atoms with E-state index < -0.39 is 10.0 Å². The molecule has 1 aromatic heterocycles. The molecule has 7 nitrogen and oxygen atoms in total. The first-order valence-corrected chi connectivity index (χ1v) is 10.6. The molecule has 3 rings (SSSR count). The molecule has 1 unspecified atom stereocenters. The highest BCUT2D eigenvalue weighted by Crippen LogP contribution is 2.30. The zero-order valence-electron chi connectivity index (χ0n) is 13.9. The van der Waals surface area contributed by atoms with Gasteiger partial charge in [0.15, 0.2) is 0 Å². The number of carbonyl (C=O) groups is 1. The Morgan fingerprint density at radius 1 is 1.32 bits per heavy atom. The normalized spacial score (nSPS) is 18.8. The van der Waals surface area contributed by atoms with Crippen LogP contribution in [0.5, 0.6) is 0 Å². The van der Waals surface area contributed by atoms with E-state index in [1.807, 2.05) is 18.2 Å². The number of piperidine rings is 1. The molecule has 25 heavy (non-hydrogen) atoms. The summed E-state index contributed by atoms with van der Waals surface area (Å²) in [5.74, 6) is -0.213. The van der Waals surface area contributed by atoms with Crippen LogP contribution in [0.4, 0.5) is 5.69 Å². The second kappa shape index (κ2) is 7.59. The average molecular weight is 380 g/mol. The number of amides is 1. The Morgan fingerprint density at radius 3 is 2.80 bits per heavy atom. The van der Waals surface area contributed by atoms with E-state index in [0.717, 1.165) is 12.8 Å². The standard InChI is InChI=1S/C16H20N4O3S2/c1-2-25(22,23)20-10-6-7-12(11-20)15-18-19-16(24-15)14(21)17-13-8-4-3-5-9-13/h3-5,8-9,12H,2,6-7,10-11H2,1H3,(H,17,21). The summed E-state index contributed by atoms with van der Waals surface area (Å²) in [6.45, 7) is 2.61. The van der Waals surface area contributed by atoms with Gasteiger partial charge in [-0.15, -0.1) is 10.2 Å². The molecule has 2 aromatic rings. The third kappa shape index (κ3) is 4.23. The van der Waals surface area contributed by atoms with E-state index in [-0.39, 0.29) is 22.6 Å². The van der Waals surface area contributed by atoms with Gasteiger partial charge in [-0.1, -0.05) is 29.5 Å². The maximum Gasteiger partial charge on any atom is 0.286 e. The highest BCUT2D eigenvalue weighted by Gasteiger charge is 2.30. The van der Waals surface area contributed by atoms with Crippen molar-refractivity contribution in [2.24, 2.45) is 0 Å². The molecule has 0 radical (unpaired) electrons. The zero-order valence-corrected chi connectivity index (χ0v) is 15.5. The molecule has 1 aliphatic rings. The van der Waals surface area contributed by atoms with Crippen LogP contribution in [0.3, 0.4) is 0 Å². The molecule has 2 heterocycles. The van der Waals surface area contributed by atoms with Crippen LogP contribution in [0.25, 0.3) is 0 Å². The van der Waals surface area contributed by atoms with Crippen molar-refractivity contribution in [1.29, 1.82) is 0 Å². The van der Waals surface area contributed by atoms with Crippen LogP contribution in [0.2, 0.25) is 0 Å². The van der Waals surface area contributed by atoms with Crippen molar-refractivity contribution < 1.29 is 13.2 Å². The van der Waals surface area contributed by atoms with E-state index in [0.29, 0.717) is 23.8 Å². The van der Waals surface area contributed by atoms with Gasteiger partial charge in [0.25, 0.3) is 5.91 Å². The quantitative estimate of drug-likeness (QED) is 0.859. The molecule has 9 heteroatoms. The van der Waals surface area contributed by atoms with Crippen LogP contribution in [-0.4, -0.2) is 47.7 Å². The molecule has 1 amide bonds. The third-order valence-electron chi connectivity index (χ3n) is 4.16. The molecule has 1 atom stereocenters. The van der Waals surface area contributed by atoms with Gasteiger partial charge in [-0.3, -0.25) is 4.79 Å². The minimum absolute atomic E-state index is 0.00847. The molecular formula is C16H20N4O3S2. The molecule has 134 valence electrons. The van der Waals surface area contributed by atoms with E-state index in [1.165, 1.54) is 15.6 Å². The van der Waals surface area contributed by atoms with Gasteiger partial charge < -0.3 is 5.32 Å². The number of carbonyl (C=O) groups excluding carboxylic acids is 1. The summed E-state index contributed by atoms with van der Waals surface area (Å²) in [5.41, 5.74) is 0.696. The minimum atomic E-state index is -3.20. The molecule has 0 aliphatic carbocycles. The van der Waals surface area contributed by atoms with E-state index in [9.17, 15) is 13.2 Å². The third-order valence-corrected chi connectivity index (χ3v) is 7.09. The molecule has 1 aromatic carbocycles. The molecule has 0 bridgehead atoms. The van der Waals surface area contributed by atoms with Crippen LogP contribution < -0.4 is 5.32 Å². The van der Waals surface area contributed by atoms with Crippen LogP contribution in [0, 0.1) is 0 Å². The molecule has 0 saturated carbocycles. The van der Waals surface area contributed by atoms with Crippen molar-refractivity contribution in [2.45, 2.75) is 25.7 Å². The fourth-order valence-corrected chi connectivity index (χ4v) is 4.82. The molecule has 1 N–H and O–H groups in total. The summed E-state index contributed by atoms with van der Waals surface area (Å²) < 4.78 is 25.7. The SMILES string of the molecule is CCS(=O)(=O)N1CCCC(c2nnc(C(=O)Nc3ccccc3)s2)C1. The lowest BCUT2D eigenvalue weighted by Crippen LogP contribution is -2.39. The van der Waals surface area contributed by atoms with Crippen molar-refractivity contribution in [3.63, 3.8) is 0 Å². The summed E-state index contributed by atoms with van der Waals surface area (Å²) in [5, 5.41) is 11.9. The predicted octanol–water partition coefficient (Wildman–Crippen LogP) is 2.32. The largest absolute Gasteiger partial charge is 0.320 e. The summed E-state index contributed by atoms with van der Waals surface area (Å²) in [4.78, 5) is 12.3. The Bertz CT molecular complexity index is 836. The summed E-state index contributed by atoms with van der Waals surface area (Å²) in [6, 6.07) is 9.15. The summed E-state index contributed by atoms with van der Waals surface area (Å²) >= 11 is 1.23. The van der Waals surface area contributed by atoms with Gasteiger partial charge in [-0.2, -0.15) is 0 Å². The van der Waals surface area contributed by atoms with Gasteiger partial charge in [0.1, 0.15) is 5.01 Å². The Balaban J connectivity index is 1.69. The van der Waals surface area contributed by atoms with E-state index in [4.69, 9.17) is 0 Å². The van der Waals surface area contributed by atoms with Gasteiger partial charge >= 0.3 is 0 Å². The van der Waals surface area contributed by atoms with Gasteiger partial charge in [0.05, 0.1) is 5.75 Å². The zero-order chi connectivity index (χ0) is 17.9. The Kier molecular flexibility index (Phi) is 5.45. The number of hydrogen-bond donors (Lipinski definition) is 1. The smallest absolute Gasteiger partial charge is 0.286 e. The highest BCUT2D eigenvalue weighted by atomic mass is 32.2. The first-order chi connectivity index (χ1) is 12.0. The van der Waals surface area contributed by atoms with Crippen LogP contribution in [0.15, 0.2) is 30.3 Å². The van der Waals surface area contributed by atoms with Crippen LogP contribution in [-0.2, 0) is 10.0 Å². The monoisotopic (exact) mass is 380 g/mol. The number of nitrogens with zero attached hydrogens (tertiary/aromatic N) is 3. The summed E-state index contributed by atoms with van der Waals surface area (Å²) in [7, 11) is -3.20. The van der Waals surface area contributed by atoms with Crippen molar-refractivity contribution >= 4 is 33.0 Å².